The third kappa shape index (κ3) is 4.28. The Labute approximate surface area is 150 Å². The van der Waals surface area contributed by atoms with Gasteiger partial charge < -0.3 is 4.90 Å². The molecule has 1 aliphatic heterocycles. The second kappa shape index (κ2) is 8.30. The summed E-state index contributed by atoms with van der Waals surface area (Å²) in [6.07, 6.45) is 5.09. The Hall–Kier alpha value is -2.14. The summed E-state index contributed by atoms with van der Waals surface area (Å²) in [6, 6.07) is 10.1. The third-order valence-electron chi connectivity index (χ3n) is 5.09. The molecule has 1 fully saturated rings. The van der Waals surface area contributed by atoms with Gasteiger partial charge in [0.25, 0.3) is 5.91 Å². The van der Waals surface area contributed by atoms with Crippen LogP contribution in [-0.2, 0) is 6.54 Å². The van der Waals surface area contributed by atoms with Crippen LogP contribution in [0, 0.1) is 6.92 Å². The van der Waals surface area contributed by atoms with Crippen LogP contribution in [0.2, 0.25) is 0 Å². The van der Waals surface area contributed by atoms with Crippen LogP contribution in [-0.4, -0.2) is 51.6 Å². The molecule has 0 atom stereocenters. The van der Waals surface area contributed by atoms with E-state index in [1.807, 2.05) is 41.4 Å². The molecule has 0 radical (unpaired) electrons. The van der Waals surface area contributed by atoms with Crippen LogP contribution in [0.5, 0.6) is 0 Å². The average molecular weight is 340 g/mol. The lowest BCUT2D eigenvalue weighted by Gasteiger charge is -2.38. The number of benzene rings is 1. The number of hydrogen-bond donors (Lipinski definition) is 1. The topological polar surface area (TPSA) is 52.2 Å². The van der Waals surface area contributed by atoms with Crippen molar-refractivity contribution in [3.8, 4) is 0 Å². The van der Waals surface area contributed by atoms with E-state index in [0.717, 1.165) is 51.0 Å². The molecule has 2 aromatic rings. The number of aryl methyl sites for hydroxylation is 1. The Bertz CT molecular complexity index is 674. The van der Waals surface area contributed by atoms with Gasteiger partial charge in [0.05, 0.1) is 11.9 Å². The number of nitrogens with zero attached hydrogens (tertiary/aromatic N) is 3. The van der Waals surface area contributed by atoms with Crippen LogP contribution in [0.3, 0.4) is 0 Å². The number of amides is 1. The van der Waals surface area contributed by atoms with Crippen molar-refractivity contribution in [1.82, 2.24) is 20.0 Å². The van der Waals surface area contributed by atoms with E-state index < -0.39 is 0 Å². The fraction of sp³-hybridized carbons (Fsp3) is 0.500. The van der Waals surface area contributed by atoms with Crippen molar-refractivity contribution in [3.63, 3.8) is 0 Å². The molecule has 1 N–H and O–H groups in total. The normalized spacial score (nSPS) is 15.7. The summed E-state index contributed by atoms with van der Waals surface area (Å²) in [6.45, 7) is 7.98. The van der Waals surface area contributed by atoms with E-state index in [1.54, 1.807) is 0 Å². The highest BCUT2D eigenvalue weighted by molar-refractivity contribution is 5.94. The molecule has 1 amide bonds. The van der Waals surface area contributed by atoms with Gasteiger partial charge in [0.1, 0.15) is 0 Å². The number of rotatable bonds is 6. The summed E-state index contributed by atoms with van der Waals surface area (Å²) >= 11 is 0. The van der Waals surface area contributed by atoms with Gasteiger partial charge >= 0.3 is 0 Å². The lowest BCUT2D eigenvalue weighted by atomic mass is 10.0. The second-order valence-electron chi connectivity index (χ2n) is 6.89. The maximum Gasteiger partial charge on any atom is 0.253 e. The second-order valence-corrected chi connectivity index (χ2v) is 6.89. The zero-order valence-electron chi connectivity index (χ0n) is 15.2. The van der Waals surface area contributed by atoms with Gasteiger partial charge in [-0.2, -0.15) is 5.10 Å². The standard InChI is InChI=1S/C20H28N4O/c1-3-11-24(15-19-16(2)14-21-22-19)18-9-12-23(13-10-18)20(25)17-7-5-4-6-8-17/h4-8,14,18H,3,9-13,15H2,1-2H3,(H,21,22). The van der Waals surface area contributed by atoms with E-state index in [9.17, 15) is 4.79 Å². The Morgan fingerprint density at radius 1 is 1.28 bits per heavy atom. The molecule has 2 heterocycles. The Morgan fingerprint density at radius 2 is 2.00 bits per heavy atom. The monoisotopic (exact) mass is 340 g/mol. The molecule has 3 rings (SSSR count). The van der Waals surface area contributed by atoms with Crippen molar-refractivity contribution in [2.75, 3.05) is 19.6 Å². The first-order valence-corrected chi connectivity index (χ1v) is 9.26. The number of piperidine rings is 1. The summed E-state index contributed by atoms with van der Waals surface area (Å²) in [5, 5.41) is 7.27. The zero-order chi connectivity index (χ0) is 17.6. The van der Waals surface area contributed by atoms with E-state index in [2.05, 4.69) is 28.9 Å². The van der Waals surface area contributed by atoms with Crippen molar-refractivity contribution < 1.29 is 4.79 Å². The van der Waals surface area contributed by atoms with Crippen molar-refractivity contribution in [1.29, 1.82) is 0 Å². The summed E-state index contributed by atoms with van der Waals surface area (Å²) in [5.74, 6) is 0.158. The molecule has 1 saturated heterocycles. The van der Waals surface area contributed by atoms with Crippen LogP contribution in [0.15, 0.2) is 36.5 Å². The lowest BCUT2D eigenvalue weighted by Crippen LogP contribution is -2.46. The number of carbonyl (C=O) groups excluding carboxylic acids is 1. The van der Waals surface area contributed by atoms with Crippen LogP contribution >= 0.6 is 0 Å². The van der Waals surface area contributed by atoms with Crippen molar-refractivity contribution in [2.45, 2.75) is 45.7 Å². The van der Waals surface area contributed by atoms with E-state index in [0.29, 0.717) is 6.04 Å². The molecular weight excluding hydrogens is 312 g/mol. The third-order valence-corrected chi connectivity index (χ3v) is 5.09. The van der Waals surface area contributed by atoms with Gasteiger partial charge in [-0.05, 0) is 50.4 Å². The van der Waals surface area contributed by atoms with Gasteiger partial charge in [0.15, 0.2) is 0 Å². The van der Waals surface area contributed by atoms with E-state index in [-0.39, 0.29) is 5.91 Å². The molecule has 1 aromatic heterocycles. The predicted octanol–water partition coefficient (Wildman–Crippen LogP) is 3.23. The van der Waals surface area contributed by atoms with Crippen molar-refractivity contribution in [2.24, 2.45) is 0 Å². The minimum absolute atomic E-state index is 0.158. The molecule has 5 nitrogen and oxygen atoms in total. The fourth-order valence-corrected chi connectivity index (χ4v) is 3.61. The molecule has 5 heteroatoms. The van der Waals surface area contributed by atoms with Gasteiger partial charge in [-0.1, -0.05) is 25.1 Å². The molecule has 134 valence electrons. The van der Waals surface area contributed by atoms with Crippen molar-refractivity contribution in [3.05, 3.63) is 53.3 Å². The highest BCUT2D eigenvalue weighted by Gasteiger charge is 2.27. The van der Waals surface area contributed by atoms with Gasteiger partial charge in [-0.25, -0.2) is 0 Å². The first-order valence-electron chi connectivity index (χ1n) is 9.26. The van der Waals surface area contributed by atoms with Gasteiger partial charge in [-0.3, -0.25) is 14.8 Å². The molecular formula is C20H28N4O. The summed E-state index contributed by atoms with van der Waals surface area (Å²) in [5.41, 5.74) is 3.22. The smallest absolute Gasteiger partial charge is 0.253 e. The molecule has 0 unspecified atom stereocenters. The highest BCUT2D eigenvalue weighted by atomic mass is 16.2. The SMILES string of the molecule is CCCN(Cc1[nH]ncc1C)C1CCN(C(=O)c2ccccc2)CC1. The van der Waals surface area contributed by atoms with Gasteiger partial charge in [0, 0.05) is 31.2 Å². The highest BCUT2D eigenvalue weighted by Crippen LogP contribution is 2.21. The number of likely N-dealkylation sites (tertiary alicyclic amines) is 1. The molecule has 0 bridgehead atoms. The molecule has 25 heavy (non-hydrogen) atoms. The van der Waals surface area contributed by atoms with Crippen LogP contribution in [0.4, 0.5) is 0 Å². The lowest BCUT2D eigenvalue weighted by molar-refractivity contribution is 0.0605. The summed E-state index contributed by atoms with van der Waals surface area (Å²) in [7, 11) is 0. The minimum Gasteiger partial charge on any atom is -0.339 e. The molecule has 1 aromatic carbocycles. The van der Waals surface area contributed by atoms with E-state index >= 15 is 0 Å². The maximum atomic E-state index is 12.6. The molecule has 0 aliphatic carbocycles. The first-order chi connectivity index (χ1) is 12.2. The zero-order valence-corrected chi connectivity index (χ0v) is 15.2. The molecule has 1 aliphatic rings. The molecule has 0 spiro atoms. The number of nitrogens with one attached hydrogen (secondary N) is 1. The van der Waals surface area contributed by atoms with Gasteiger partial charge in [-0.15, -0.1) is 0 Å². The number of aromatic amines is 1. The van der Waals surface area contributed by atoms with Crippen LogP contribution in [0.1, 0.15) is 47.8 Å². The first kappa shape index (κ1) is 17.7. The number of H-pyrrole nitrogens is 1. The van der Waals surface area contributed by atoms with Crippen molar-refractivity contribution >= 4 is 5.91 Å². The van der Waals surface area contributed by atoms with E-state index in [4.69, 9.17) is 0 Å². The van der Waals surface area contributed by atoms with Crippen LogP contribution in [0.25, 0.3) is 0 Å². The number of aromatic nitrogens is 2. The van der Waals surface area contributed by atoms with Gasteiger partial charge in [0.2, 0.25) is 0 Å². The van der Waals surface area contributed by atoms with E-state index in [1.165, 1.54) is 11.3 Å². The number of carbonyl (C=O) groups is 1. The quantitative estimate of drug-likeness (QED) is 0.878. The average Bonchev–Trinajstić information content (AvgIpc) is 3.06. The maximum absolute atomic E-state index is 12.6. The Morgan fingerprint density at radius 3 is 2.60 bits per heavy atom. The Balaban J connectivity index is 1.59. The molecule has 0 saturated carbocycles. The number of hydrogen-bond acceptors (Lipinski definition) is 3. The Kier molecular flexibility index (Phi) is 5.87. The minimum atomic E-state index is 0.158. The predicted molar refractivity (Wildman–Crippen MR) is 99.4 cm³/mol. The largest absolute Gasteiger partial charge is 0.339 e. The van der Waals surface area contributed by atoms with Crippen LogP contribution < -0.4 is 0 Å². The fourth-order valence-electron chi connectivity index (χ4n) is 3.61. The summed E-state index contributed by atoms with van der Waals surface area (Å²) < 4.78 is 0. The summed E-state index contributed by atoms with van der Waals surface area (Å²) in [4.78, 5) is 17.1.